The van der Waals surface area contributed by atoms with Crippen molar-refractivity contribution >= 4 is 18.1 Å². The van der Waals surface area contributed by atoms with Crippen LogP contribution in [-0.4, -0.2) is 92.6 Å². The third-order valence-corrected chi connectivity index (χ3v) is 7.26. The summed E-state index contributed by atoms with van der Waals surface area (Å²) in [6.45, 7) is 11.4. The van der Waals surface area contributed by atoms with Crippen LogP contribution in [0.4, 0.5) is 9.59 Å². The second kappa shape index (κ2) is 16.9. The van der Waals surface area contributed by atoms with Crippen LogP contribution in [0.3, 0.4) is 0 Å². The van der Waals surface area contributed by atoms with E-state index in [1.165, 1.54) is 0 Å². The summed E-state index contributed by atoms with van der Waals surface area (Å²) in [4.78, 5) is 43.3. The summed E-state index contributed by atoms with van der Waals surface area (Å²) < 4.78 is 27.6. The van der Waals surface area contributed by atoms with E-state index in [-0.39, 0.29) is 37.1 Å². The van der Waals surface area contributed by atoms with Crippen molar-refractivity contribution in [3.63, 3.8) is 0 Å². The average molecular weight is 628 g/mol. The van der Waals surface area contributed by atoms with E-state index < -0.39 is 17.8 Å². The lowest BCUT2D eigenvalue weighted by Gasteiger charge is -2.44. The maximum Gasteiger partial charge on any atom is 0.410 e. The monoisotopic (exact) mass is 627 g/mol. The van der Waals surface area contributed by atoms with Gasteiger partial charge >= 0.3 is 12.2 Å². The normalized spacial score (nSPS) is 16.6. The molecule has 248 valence electrons. The van der Waals surface area contributed by atoms with Gasteiger partial charge in [0.25, 0.3) is 5.91 Å². The van der Waals surface area contributed by atoms with E-state index in [2.05, 4.69) is 5.32 Å². The topological polar surface area (TPSA) is 116 Å². The molecule has 0 aromatic heterocycles. The van der Waals surface area contributed by atoms with Gasteiger partial charge in [-0.3, -0.25) is 4.79 Å². The lowest BCUT2D eigenvalue weighted by atomic mass is 9.92. The van der Waals surface area contributed by atoms with Crippen molar-refractivity contribution in [2.45, 2.75) is 71.8 Å². The molecule has 45 heavy (non-hydrogen) atoms. The second-order valence-corrected chi connectivity index (χ2v) is 12.5. The standard InChI is InChI=1S/C34H49N3O8/c1-24(2)37(31(38)27-14-15-29(42-7)30(19-27)43-17-11-16-41-6)28-18-26(21-36(22-28)33(40)45-34(3,4)5)20-35-32(39)44-23-25-12-9-8-10-13-25/h8-10,12-15,19,24,26,28H,11,16-18,20-23H2,1-7H3,(H,35,39)/t26-,28-/m1/s1. The number of amides is 3. The summed E-state index contributed by atoms with van der Waals surface area (Å²) in [5, 5.41) is 2.85. The molecule has 0 aliphatic carbocycles. The number of alkyl carbamates (subject to hydrolysis) is 1. The molecule has 0 bridgehead atoms. The molecule has 3 amide bonds. The fourth-order valence-electron chi connectivity index (χ4n) is 5.28. The third kappa shape index (κ3) is 11.1. The number of piperidine rings is 1. The van der Waals surface area contributed by atoms with Crippen LogP contribution in [0, 0.1) is 5.92 Å². The highest BCUT2D eigenvalue weighted by atomic mass is 16.6. The van der Waals surface area contributed by atoms with Gasteiger partial charge in [0.15, 0.2) is 11.5 Å². The Morgan fingerprint density at radius 2 is 1.73 bits per heavy atom. The Morgan fingerprint density at radius 1 is 1.00 bits per heavy atom. The molecule has 2 atom stereocenters. The summed E-state index contributed by atoms with van der Waals surface area (Å²) in [6.07, 6.45) is 0.251. The van der Waals surface area contributed by atoms with Gasteiger partial charge in [0.2, 0.25) is 0 Å². The van der Waals surface area contributed by atoms with Crippen LogP contribution in [0.15, 0.2) is 48.5 Å². The molecular weight excluding hydrogens is 578 g/mol. The van der Waals surface area contributed by atoms with E-state index >= 15 is 0 Å². The van der Waals surface area contributed by atoms with Crippen molar-refractivity contribution in [3.8, 4) is 11.5 Å². The van der Waals surface area contributed by atoms with Crippen molar-refractivity contribution < 1.29 is 38.1 Å². The summed E-state index contributed by atoms with van der Waals surface area (Å²) in [6, 6.07) is 14.0. The van der Waals surface area contributed by atoms with Gasteiger partial charge in [0, 0.05) is 51.4 Å². The molecule has 0 radical (unpaired) electrons. The third-order valence-electron chi connectivity index (χ3n) is 7.26. The Labute approximate surface area is 267 Å². The van der Waals surface area contributed by atoms with Crippen molar-refractivity contribution in [3.05, 3.63) is 59.7 Å². The predicted molar refractivity (Wildman–Crippen MR) is 171 cm³/mol. The van der Waals surface area contributed by atoms with Crippen LogP contribution in [0.2, 0.25) is 0 Å². The number of methoxy groups -OCH3 is 2. The minimum atomic E-state index is -0.685. The quantitative estimate of drug-likeness (QED) is 0.289. The summed E-state index contributed by atoms with van der Waals surface area (Å²) in [5.41, 5.74) is 0.643. The molecule has 1 N–H and O–H groups in total. The van der Waals surface area contributed by atoms with Crippen LogP contribution >= 0.6 is 0 Å². The predicted octanol–water partition coefficient (Wildman–Crippen LogP) is 5.51. The van der Waals surface area contributed by atoms with Crippen molar-refractivity contribution in [2.24, 2.45) is 5.92 Å². The molecule has 3 rings (SSSR count). The van der Waals surface area contributed by atoms with Gasteiger partial charge in [0.05, 0.1) is 19.8 Å². The highest BCUT2D eigenvalue weighted by Gasteiger charge is 2.38. The van der Waals surface area contributed by atoms with Gasteiger partial charge in [-0.05, 0) is 70.7 Å². The number of hydrogen-bond donors (Lipinski definition) is 1. The smallest absolute Gasteiger partial charge is 0.410 e. The molecule has 11 heteroatoms. The Bertz CT molecular complexity index is 1250. The molecule has 0 unspecified atom stereocenters. The lowest BCUT2D eigenvalue weighted by Crippen LogP contribution is -2.57. The Kier molecular flexibility index (Phi) is 13.3. The summed E-state index contributed by atoms with van der Waals surface area (Å²) in [7, 11) is 3.19. The second-order valence-electron chi connectivity index (χ2n) is 12.5. The Morgan fingerprint density at radius 3 is 2.38 bits per heavy atom. The van der Waals surface area contributed by atoms with E-state index in [0.29, 0.717) is 56.2 Å². The molecule has 2 aromatic carbocycles. The Balaban J connectivity index is 1.79. The van der Waals surface area contributed by atoms with Gasteiger partial charge < -0.3 is 38.8 Å². The average Bonchev–Trinajstić information content (AvgIpc) is 3.00. The fourth-order valence-corrected chi connectivity index (χ4v) is 5.28. The zero-order valence-electron chi connectivity index (χ0n) is 27.7. The van der Waals surface area contributed by atoms with Gasteiger partial charge in [-0.25, -0.2) is 9.59 Å². The van der Waals surface area contributed by atoms with E-state index in [4.69, 9.17) is 23.7 Å². The van der Waals surface area contributed by atoms with Gasteiger partial charge in [0.1, 0.15) is 12.2 Å². The lowest BCUT2D eigenvalue weighted by molar-refractivity contribution is -0.00117. The van der Waals surface area contributed by atoms with Crippen LogP contribution in [0.5, 0.6) is 11.5 Å². The molecule has 1 aliphatic heterocycles. The number of nitrogens with zero attached hydrogens (tertiary/aromatic N) is 2. The largest absolute Gasteiger partial charge is 0.493 e. The van der Waals surface area contributed by atoms with E-state index in [1.807, 2.05) is 65.0 Å². The van der Waals surface area contributed by atoms with Crippen molar-refractivity contribution in [2.75, 3.05) is 47.1 Å². The zero-order chi connectivity index (χ0) is 33.0. The van der Waals surface area contributed by atoms with Crippen LogP contribution in [-0.2, 0) is 20.8 Å². The van der Waals surface area contributed by atoms with Crippen molar-refractivity contribution in [1.82, 2.24) is 15.1 Å². The molecule has 0 saturated carbocycles. The Hall–Kier alpha value is -3.99. The number of hydrogen-bond acceptors (Lipinski definition) is 8. The molecule has 2 aromatic rings. The maximum absolute atomic E-state index is 14.1. The van der Waals surface area contributed by atoms with Gasteiger partial charge in [-0.1, -0.05) is 30.3 Å². The van der Waals surface area contributed by atoms with Crippen LogP contribution < -0.4 is 14.8 Å². The molecule has 11 nitrogen and oxygen atoms in total. The van der Waals surface area contributed by atoms with Gasteiger partial charge in [-0.2, -0.15) is 0 Å². The molecule has 1 fully saturated rings. The number of rotatable bonds is 13. The molecule has 0 spiro atoms. The first-order valence-corrected chi connectivity index (χ1v) is 15.5. The number of carbonyl (C=O) groups is 3. The highest BCUT2D eigenvalue weighted by Crippen LogP contribution is 2.31. The molecule has 1 aliphatic rings. The van der Waals surface area contributed by atoms with E-state index in [1.54, 1.807) is 42.2 Å². The van der Waals surface area contributed by atoms with E-state index in [0.717, 1.165) is 5.56 Å². The number of carbonyl (C=O) groups excluding carboxylic acids is 3. The molecule has 1 heterocycles. The molecular formula is C34H49N3O8. The molecule has 1 saturated heterocycles. The van der Waals surface area contributed by atoms with Crippen LogP contribution in [0.25, 0.3) is 0 Å². The summed E-state index contributed by atoms with van der Waals surface area (Å²) in [5.74, 6) is 0.655. The fraction of sp³-hybridized carbons (Fsp3) is 0.559. The number of benzene rings is 2. The van der Waals surface area contributed by atoms with Gasteiger partial charge in [-0.15, -0.1) is 0 Å². The maximum atomic E-state index is 14.1. The van der Waals surface area contributed by atoms with Crippen LogP contribution in [0.1, 0.15) is 63.4 Å². The number of ether oxygens (including phenoxy) is 5. The highest BCUT2D eigenvalue weighted by molar-refractivity contribution is 5.95. The first kappa shape index (κ1) is 35.5. The SMILES string of the molecule is COCCCOc1cc(C(=O)N(C(C)C)[C@@H]2C[C@H](CNC(=O)OCc3ccccc3)CN(C(=O)OC(C)(C)C)C2)ccc1OC. The first-order valence-electron chi connectivity index (χ1n) is 15.5. The first-order chi connectivity index (χ1) is 21.4. The van der Waals surface area contributed by atoms with E-state index in [9.17, 15) is 14.4 Å². The minimum Gasteiger partial charge on any atom is -0.493 e. The summed E-state index contributed by atoms with van der Waals surface area (Å²) >= 11 is 0. The number of likely N-dealkylation sites (tertiary alicyclic amines) is 1. The zero-order valence-corrected chi connectivity index (χ0v) is 27.7. The van der Waals surface area contributed by atoms with Crippen molar-refractivity contribution in [1.29, 1.82) is 0 Å². The minimum absolute atomic E-state index is 0.148. The number of nitrogens with one attached hydrogen (secondary N) is 1.